The minimum absolute atomic E-state index is 0.168. The van der Waals surface area contributed by atoms with Crippen molar-refractivity contribution in [3.05, 3.63) is 66.0 Å². The van der Waals surface area contributed by atoms with Crippen LogP contribution >= 0.6 is 10.8 Å². The molecule has 1 spiro atoms. The number of aromatic hydroxyl groups is 1. The maximum atomic E-state index is 10.7. The number of hydrogen-bond acceptors (Lipinski definition) is 9. The monoisotopic (exact) mass is 469 g/mol. The highest BCUT2D eigenvalue weighted by Crippen LogP contribution is 2.59. The lowest BCUT2D eigenvalue weighted by molar-refractivity contribution is 0.119. The summed E-state index contributed by atoms with van der Waals surface area (Å²) in [6.45, 7) is 5.43. The van der Waals surface area contributed by atoms with Crippen molar-refractivity contribution in [2.45, 2.75) is 44.8 Å². The molecule has 2 atom stereocenters. The molecule has 0 radical (unpaired) electrons. The summed E-state index contributed by atoms with van der Waals surface area (Å²) in [5, 5.41) is 11.9. The van der Waals surface area contributed by atoms with Gasteiger partial charge in [0.05, 0.1) is 11.7 Å². The van der Waals surface area contributed by atoms with E-state index in [1.165, 1.54) is 11.8 Å². The van der Waals surface area contributed by atoms with Crippen LogP contribution in [0.15, 0.2) is 59.1 Å². The summed E-state index contributed by atoms with van der Waals surface area (Å²) in [5.74, 6) is 1.29. The van der Waals surface area contributed by atoms with Gasteiger partial charge in [-0.3, -0.25) is 19.0 Å². The molecule has 0 aliphatic carbocycles. The van der Waals surface area contributed by atoms with E-state index in [1.54, 1.807) is 29.0 Å². The van der Waals surface area contributed by atoms with Crippen LogP contribution in [0.25, 0.3) is 11.3 Å². The minimum Gasteiger partial charge on any atom is -0.507 e. The summed E-state index contributed by atoms with van der Waals surface area (Å²) < 4.78 is 28.4. The van der Waals surface area contributed by atoms with Crippen LogP contribution in [0.5, 0.6) is 5.75 Å². The van der Waals surface area contributed by atoms with Gasteiger partial charge in [-0.15, -0.1) is 0 Å². The fourth-order valence-electron chi connectivity index (χ4n) is 4.92. The van der Waals surface area contributed by atoms with Crippen LogP contribution < -0.4 is 4.31 Å². The average Bonchev–Trinajstić information content (AvgIpc) is 3.32. The van der Waals surface area contributed by atoms with E-state index in [0.717, 1.165) is 12.1 Å². The van der Waals surface area contributed by atoms with Crippen molar-refractivity contribution in [3.8, 4) is 17.0 Å². The van der Waals surface area contributed by atoms with E-state index in [4.69, 9.17) is 4.42 Å². The summed E-state index contributed by atoms with van der Waals surface area (Å²) in [7, 11) is -3.10. The number of hydrogen-bond donors (Lipinski definition) is 3. The van der Waals surface area contributed by atoms with E-state index in [2.05, 4.69) is 26.8 Å². The highest BCUT2D eigenvalue weighted by atomic mass is 32.3. The fourth-order valence-corrected chi connectivity index (χ4v) is 6.61. The van der Waals surface area contributed by atoms with Crippen LogP contribution in [0, 0.1) is 6.92 Å². The second kappa shape index (κ2) is 8.14. The normalized spacial score (nSPS) is 25.6. The fraction of sp³-hybridized carbons (Fsp3) is 0.348. The third-order valence-corrected chi connectivity index (χ3v) is 8.13. The third-order valence-electron chi connectivity index (χ3n) is 6.54. The summed E-state index contributed by atoms with van der Waals surface area (Å²) in [6, 6.07) is 5.74. The predicted octanol–water partition coefficient (Wildman–Crippen LogP) is 4.57. The molecule has 2 aliphatic rings. The highest BCUT2D eigenvalue weighted by molar-refractivity contribution is 8.28. The van der Waals surface area contributed by atoms with Crippen molar-refractivity contribution in [2.24, 2.45) is 0 Å². The van der Waals surface area contributed by atoms with Gasteiger partial charge >= 0.3 is 0 Å². The van der Waals surface area contributed by atoms with Crippen LogP contribution in [0.2, 0.25) is 0 Å². The molecule has 1 saturated heterocycles. The van der Waals surface area contributed by atoms with Gasteiger partial charge in [-0.05, 0) is 50.5 Å². The molecule has 1 fully saturated rings. The lowest BCUT2D eigenvalue weighted by Gasteiger charge is -2.51. The van der Waals surface area contributed by atoms with Crippen molar-refractivity contribution >= 4 is 16.6 Å². The molecule has 1 aromatic carbocycles. The number of nitrogens with zero attached hydrogens (tertiary/aromatic N) is 5. The number of rotatable bonds is 4. The van der Waals surface area contributed by atoms with Gasteiger partial charge in [0, 0.05) is 42.5 Å². The van der Waals surface area contributed by atoms with Crippen LogP contribution in [-0.2, 0) is 6.54 Å². The van der Waals surface area contributed by atoms with Gasteiger partial charge in [-0.25, -0.2) is 14.3 Å². The van der Waals surface area contributed by atoms with E-state index in [-0.39, 0.29) is 11.8 Å². The molecule has 4 heterocycles. The molecule has 3 aromatic rings. The Balaban J connectivity index is 1.37. The molecule has 2 aliphatic heterocycles. The Kier molecular flexibility index (Phi) is 5.40. The predicted molar refractivity (Wildman–Crippen MR) is 127 cm³/mol. The van der Waals surface area contributed by atoms with E-state index in [9.17, 15) is 14.2 Å². The van der Waals surface area contributed by atoms with Crippen LogP contribution in [-0.4, -0.2) is 52.2 Å². The molecule has 3 N–H and O–H groups in total. The largest absolute Gasteiger partial charge is 0.507 e. The van der Waals surface area contributed by atoms with E-state index in [1.807, 2.05) is 25.1 Å². The number of likely N-dealkylation sites (tertiary alicyclic amines) is 1. The SMILES string of the molecule is Cc1ocnc1-c1cc(CN2CC[C@]3(C=CS(O)(O)N3c3cnccn3)C[C@@H]2C)ccc1O. The summed E-state index contributed by atoms with van der Waals surface area (Å²) in [4.78, 5) is 15.1. The lowest BCUT2D eigenvalue weighted by atomic mass is 9.83. The average molecular weight is 470 g/mol. The number of anilines is 1. The molecule has 0 bridgehead atoms. The van der Waals surface area contributed by atoms with Crippen molar-refractivity contribution in [1.29, 1.82) is 0 Å². The van der Waals surface area contributed by atoms with E-state index < -0.39 is 16.3 Å². The zero-order valence-electron chi connectivity index (χ0n) is 18.5. The van der Waals surface area contributed by atoms with Gasteiger partial charge < -0.3 is 9.52 Å². The Morgan fingerprint density at radius 3 is 2.79 bits per heavy atom. The Bertz CT molecular complexity index is 1180. The second-order valence-electron chi connectivity index (χ2n) is 8.71. The molecule has 174 valence electrons. The van der Waals surface area contributed by atoms with Crippen molar-refractivity contribution in [3.63, 3.8) is 0 Å². The van der Waals surface area contributed by atoms with Gasteiger partial charge in [0.25, 0.3) is 0 Å². The van der Waals surface area contributed by atoms with Crippen LogP contribution in [0.3, 0.4) is 0 Å². The Hall–Kier alpha value is -2.92. The molecular weight excluding hydrogens is 442 g/mol. The number of oxazole rings is 1. The van der Waals surface area contributed by atoms with Gasteiger partial charge in [0.2, 0.25) is 0 Å². The first-order valence-electron chi connectivity index (χ1n) is 10.8. The number of aryl methyl sites for hydroxylation is 1. The van der Waals surface area contributed by atoms with E-state index in [0.29, 0.717) is 42.2 Å². The molecule has 0 unspecified atom stereocenters. The number of benzene rings is 1. The summed E-state index contributed by atoms with van der Waals surface area (Å²) >= 11 is 0. The Morgan fingerprint density at radius 1 is 1.24 bits per heavy atom. The van der Waals surface area contributed by atoms with Crippen molar-refractivity contribution in [2.75, 3.05) is 10.8 Å². The van der Waals surface area contributed by atoms with Gasteiger partial charge in [-0.1, -0.05) is 16.8 Å². The molecule has 33 heavy (non-hydrogen) atoms. The molecule has 5 rings (SSSR count). The Morgan fingerprint density at radius 2 is 2.09 bits per heavy atom. The molecule has 0 saturated carbocycles. The quantitative estimate of drug-likeness (QED) is 0.505. The number of aromatic nitrogens is 3. The lowest BCUT2D eigenvalue weighted by Crippen LogP contribution is -2.55. The summed E-state index contributed by atoms with van der Waals surface area (Å²) in [5.41, 5.74) is 1.83. The maximum absolute atomic E-state index is 10.7. The topological polar surface area (TPSA) is 119 Å². The molecule has 10 heteroatoms. The standard InChI is InChI=1S/C23H27N5O4S/c1-16-12-23(6-10-33(30,31)28(23)21-13-24-7-8-25-21)5-9-27(16)14-18-3-4-20(29)19(11-18)22-17(2)32-15-26-22/h3-4,6-8,10-11,13,15-16,29-31H,5,9,12,14H2,1-2H3/t16-,23-/m0/s1. The molecule has 0 amide bonds. The number of phenols is 1. The van der Waals surface area contributed by atoms with Crippen LogP contribution in [0.1, 0.15) is 31.1 Å². The second-order valence-corrected chi connectivity index (χ2v) is 10.5. The zero-order chi connectivity index (χ0) is 23.2. The molecule has 2 aromatic heterocycles. The zero-order valence-corrected chi connectivity index (χ0v) is 19.3. The minimum atomic E-state index is -3.10. The first kappa shape index (κ1) is 21.9. The van der Waals surface area contributed by atoms with Gasteiger partial charge in [0.1, 0.15) is 17.2 Å². The first-order chi connectivity index (χ1) is 15.8. The Labute approximate surface area is 193 Å². The van der Waals surface area contributed by atoms with Gasteiger partial charge in [0.15, 0.2) is 12.2 Å². The maximum Gasteiger partial charge on any atom is 0.181 e. The van der Waals surface area contributed by atoms with Crippen molar-refractivity contribution < 1.29 is 18.6 Å². The van der Waals surface area contributed by atoms with Crippen molar-refractivity contribution in [1.82, 2.24) is 19.9 Å². The van der Waals surface area contributed by atoms with Crippen LogP contribution in [0.4, 0.5) is 5.82 Å². The van der Waals surface area contributed by atoms with E-state index >= 15 is 0 Å². The molecule has 9 nitrogen and oxygen atoms in total. The molecular formula is C23H27N5O4S. The van der Waals surface area contributed by atoms with Gasteiger partial charge in [-0.2, -0.15) is 0 Å². The number of phenolic OH excluding ortho intramolecular Hbond substituents is 1. The first-order valence-corrected chi connectivity index (χ1v) is 12.4. The highest BCUT2D eigenvalue weighted by Gasteiger charge is 2.50. The third kappa shape index (κ3) is 3.89. The smallest absolute Gasteiger partial charge is 0.181 e. The summed E-state index contributed by atoms with van der Waals surface area (Å²) in [6.07, 6.45) is 9.44. The number of piperidine rings is 1.